The first-order chi connectivity index (χ1) is 8.41. The third-order valence-corrected chi connectivity index (χ3v) is 4.53. The third kappa shape index (κ3) is 3.03. The molecular weight excluding hydrogens is 274 g/mol. The average Bonchev–Trinajstić information content (AvgIpc) is 3.06. The van der Waals surface area contributed by atoms with E-state index < -0.39 is 9.05 Å². The summed E-state index contributed by atoms with van der Waals surface area (Å²) in [6, 6.07) is 5.86. The van der Waals surface area contributed by atoms with Crippen molar-refractivity contribution in [3.05, 3.63) is 29.8 Å². The monoisotopic (exact) mass is 287 g/mol. The molecule has 1 amide bonds. The molecule has 0 spiro atoms. The first kappa shape index (κ1) is 13.4. The van der Waals surface area contributed by atoms with Gasteiger partial charge in [-0.1, -0.05) is 13.3 Å². The molecule has 98 valence electrons. The van der Waals surface area contributed by atoms with Crippen LogP contribution in [-0.4, -0.2) is 20.4 Å². The highest BCUT2D eigenvalue weighted by molar-refractivity contribution is 8.13. The first-order valence-electron chi connectivity index (χ1n) is 5.77. The molecule has 0 saturated heterocycles. The zero-order valence-corrected chi connectivity index (χ0v) is 11.5. The molecule has 1 aromatic carbocycles. The Morgan fingerprint density at radius 1 is 1.39 bits per heavy atom. The smallest absolute Gasteiger partial charge is 0.261 e. The number of rotatable bonds is 4. The van der Waals surface area contributed by atoms with E-state index in [1.54, 1.807) is 0 Å². The van der Waals surface area contributed by atoms with Crippen LogP contribution in [0.15, 0.2) is 29.2 Å². The van der Waals surface area contributed by atoms with Gasteiger partial charge in [0, 0.05) is 22.3 Å². The van der Waals surface area contributed by atoms with Gasteiger partial charge in [-0.15, -0.1) is 0 Å². The molecule has 1 aliphatic rings. The molecule has 0 radical (unpaired) electrons. The Labute approximate surface area is 111 Å². The van der Waals surface area contributed by atoms with E-state index in [4.69, 9.17) is 10.7 Å². The molecule has 2 atom stereocenters. The Morgan fingerprint density at radius 3 is 2.44 bits per heavy atom. The lowest BCUT2D eigenvalue weighted by Gasteiger charge is -2.04. The second-order valence-corrected chi connectivity index (χ2v) is 7.01. The largest absolute Gasteiger partial charge is 0.349 e. The van der Waals surface area contributed by atoms with Crippen molar-refractivity contribution in [1.29, 1.82) is 0 Å². The standard InChI is InChI=1S/C12H14ClNO3S/c1-2-8-7-11(8)14-12(15)9-3-5-10(6-4-9)18(13,16)17/h3-6,8,11H,2,7H2,1H3,(H,14,15). The Balaban J connectivity index is 2.04. The van der Waals surface area contributed by atoms with E-state index in [1.165, 1.54) is 24.3 Å². The summed E-state index contributed by atoms with van der Waals surface area (Å²) in [6.45, 7) is 2.09. The van der Waals surface area contributed by atoms with Crippen LogP contribution in [0.1, 0.15) is 30.1 Å². The molecule has 0 aliphatic heterocycles. The molecule has 0 heterocycles. The van der Waals surface area contributed by atoms with Gasteiger partial charge in [-0.05, 0) is 36.6 Å². The fourth-order valence-corrected chi connectivity index (χ4v) is 2.67. The normalized spacial score (nSPS) is 22.6. The van der Waals surface area contributed by atoms with Crippen molar-refractivity contribution in [3.63, 3.8) is 0 Å². The minimum Gasteiger partial charge on any atom is -0.349 e. The predicted molar refractivity (Wildman–Crippen MR) is 69.1 cm³/mol. The molecule has 2 unspecified atom stereocenters. The molecule has 4 nitrogen and oxygen atoms in total. The maximum absolute atomic E-state index is 11.8. The molecule has 18 heavy (non-hydrogen) atoms. The SMILES string of the molecule is CCC1CC1NC(=O)c1ccc(S(=O)(=O)Cl)cc1. The van der Waals surface area contributed by atoms with Gasteiger partial charge in [-0.25, -0.2) is 8.42 Å². The van der Waals surface area contributed by atoms with Crippen LogP contribution in [0, 0.1) is 5.92 Å². The third-order valence-electron chi connectivity index (χ3n) is 3.16. The molecular formula is C12H14ClNO3S. The van der Waals surface area contributed by atoms with Crippen LogP contribution in [0.4, 0.5) is 0 Å². The number of carbonyl (C=O) groups is 1. The number of halogens is 1. The Hall–Kier alpha value is -1.07. The lowest BCUT2D eigenvalue weighted by atomic mass is 10.2. The molecule has 1 saturated carbocycles. The zero-order valence-electron chi connectivity index (χ0n) is 9.89. The van der Waals surface area contributed by atoms with E-state index in [9.17, 15) is 13.2 Å². The van der Waals surface area contributed by atoms with E-state index in [1.807, 2.05) is 0 Å². The fourth-order valence-electron chi connectivity index (χ4n) is 1.90. The van der Waals surface area contributed by atoms with Crippen molar-refractivity contribution < 1.29 is 13.2 Å². The van der Waals surface area contributed by atoms with Crippen LogP contribution < -0.4 is 5.32 Å². The summed E-state index contributed by atoms with van der Waals surface area (Å²) in [4.78, 5) is 11.8. The van der Waals surface area contributed by atoms with Gasteiger partial charge in [0.05, 0.1) is 4.90 Å². The van der Waals surface area contributed by atoms with E-state index >= 15 is 0 Å². The van der Waals surface area contributed by atoms with Gasteiger partial charge in [0.1, 0.15) is 0 Å². The van der Waals surface area contributed by atoms with Gasteiger partial charge >= 0.3 is 0 Å². The number of nitrogens with one attached hydrogen (secondary N) is 1. The topological polar surface area (TPSA) is 63.2 Å². The summed E-state index contributed by atoms with van der Waals surface area (Å²) in [7, 11) is 1.47. The molecule has 1 fully saturated rings. The van der Waals surface area contributed by atoms with Gasteiger partial charge < -0.3 is 5.32 Å². The summed E-state index contributed by atoms with van der Waals surface area (Å²) < 4.78 is 22.1. The average molecular weight is 288 g/mol. The summed E-state index contributed by atoms with van der Waals surface area (Å²) in [5.41, 5.74) is 0.445. The van der Waals surface area contributed by atoms with Crippen LogP contribution >= 0.6 is 10.7 Å². The number of hydrogen-bond donors (Lipinski definition) is 1. The summed E-state index contributed by atoms with van der Waals surface area (Å²) in [5.74, 6) is 0.408. The van der Waals surface area contributed by atoms with Crippen molar-refractivity contribution in [2.75, 3.05) is 0 Å². The van der Waals surface area contributed by atoms with Gasteiger partial charge in [0.2, 0.25) is 0 Å². The van der Waals surface area contributed by atoms with Gasteiger partial charge in [-0.3, -0.25) is 4.79 Å². The highest BCUT2D eigenvalue weighted by Crippen LogP contribution is 2.33. The highest BCUT2D eigenvalue weighted by Gasteiger charge is 2.36. The van der Waals surface area contributed by atoms with Crippen molar-refractivity contribution in [2.45, 2.75) is 30.7 Å². The van der Waals surface area contributed by atoms with E-state index in [2.05, 4.69) is 12.2 Å². The fraction of sp³-hybridized carbons (Fsp3) is 0.417. The Morgan fingerprint density at radius 2 is 2.00 bits per heavy atom. The molecule has 2 rings (SSSR count). The van der Waals surface area contributed by atoms with E-state index in [0.29, 0.717) is 11.5 Å². The van der Waals surface area contributed by atoms with Crippen LogP contribution in [0.5, 0.6) is 0 Å². The second kappa shape index (κ2) is 4.90. The van der Waals surface area contributed by atoms with Crippen LogP contribution in [0.25, 0.3) is 0 Å². The zero-order chi connectivity index (χ0) is 13.3. The maximum atomic E-state index is 11.8. The van der Waals surface area contributed by atoms with Crippen molar-refractivity contribution >= 4 is 25.6 Å². The number of amides is 1. The molecule has 1 N–H and O–H groups in total. The second-order valence-electron chi connectivity index (χ2n) is 4.45. The summed E-state index contributed by atoms with van der Waals surface area (Å²) >= 11 is 0. The number of benzene rings is 1. The maximum Gasteiger partial charge on any atom is 0.261 e. The number of hydrogen-bond acceptors (Lipinski definition) is 3. The molecule has 6 heteroatoms. The van der Waals surface area contributed by atoms with Gasteiger partial charge in [0.25, 0.3) is 15.0 Å². The quantitative estimate of drug-likeness (QED) is 0.863. The van der Waals surface area contributed by atoms with Crippen LogP contribution in [0.3, 0.4) is 0 Å². The van der Waals surface area contributed by atoms with Gasteiger partial charge in [-0.2, -0.15) is 0 Å². The van der Waals surface area contributed by atoms with Crippen LogP contribution in [-0.2, 0) is 9.05 Å². The van der Waals surface area contributed by atoms with Gasteiger partial charge in [0.15, 0.2) is 0 Å². The molecule has 1 aromatic rings. The first-order valence-corrected chi connectivity index (χ1v) is 8.08. The Kier molecular flexibility index (Phi) is 3.64. The van der Waals surface area contributed by atoms with E-state index in [-0.39, 0.29) is 16.8 Å². The van der Waals surface area contributed by atoms with E-state index in [0.717, 1.165) is 12.8 Å². The minimum atomic E-state index is -3.73. The predicted octanol–water partition coefficient (Wildman–Crippen LogP) is 2.14. The highest BCUT2D eigenvalue weighted by atomic mass is 35.7. The van der Waals surface area contributed by atoms with Crippen molar-refractivity contribution in [2.24, 2.45) is 5.92 Å². The van der Waals surface area contributed by atoms with Crippen LogP contribution in [0.2, 0.25) is 0 Å². The lowest BCUT2D eigenvalue weighted by molar-refractivity contribution is 0.0949. The van der Waals surface area contributed by atoms with Crippen molar-refractivity contribution in [1.82, 2.24) is 5.32 Å². The van der Waals surface area contributed by atoms with Crippen molar-refractivity contribution in [3.8, 4) is 0 Å². The summed E-state index contributed by atoms with van der Waals surface area (Å²) in [6.07, 6.45) is 2.09. The number of carbonyl (C=O) groups excluding carboxylic acids is 1. The summed E-state index contributed by atoms with van der Waals surface area (Å²) in [5, 5.41) is 2.91. The molecule has 0 aromatic heterocycles. The molecule has 0 bridgehead atoms. The minimum absolute atomic E-state index is 0.00132. The Bertz CT molecular complexity index is 553. The lowest BCUT2D eigenvalue weighted by Crippen LogP contribution is -2.26. The molecule has 1 aliphatic carbocycles.